The number of phenolic OH excluding ortho intramolecular Hbond substituents is 1. The molecule has 0 amide bonds. The molecule has 15 nitrogen and oxygen atoms in total. The van der Waals surface area contributed by atoms with Crippen molar-refractivity contribution in [1.29, 1.82) is 5.26 Å². The third kappa shape index (κ3) is 4.78. The van der Waals surface area contributed by atoms with E-state index in [1.54, 1.807) is 14.2 Å². The van der Waals surface area contributed by atoms with E-state index in [0.29, 0.717) is 58.2 Å². The van der Waals surface area contributed by atoms with Crippen molar-refractivity contribution < 1.29 is 43.1 Å². The van der Waals surface area contributed by atoms with Crippen molar-refractivity contribution in [2.75, 3.05) is 33.8 Å². The molecule has 0 saturated carbocycles. The van der Waals surface area contributed by atoms with Crippen molar-refractivity contribution in [2.45, 2.75) is 106 Å². The van der Waals surface area contributed by atoms with Crippen LogP contribution in [0.25, 0.3) is 10.9 Å². The van der Waals surface area contributed by atoms with Crippen LogP contribution in [0.3, 0.4) is 0 Å². The summed E-state index contributed by atoms with van der Waals surface area (Å²) in [6.07, 6.45) is 3.52. The van der Waals surface area contributed by atoms with E-state index in [-0.39, 0.29) is 43.3 Å². The van der Waals surface area contributed by atoms with Gasteiger partial charge in [0.2, 0.25) is 6.79 Å². The van der Waals surface area contributed by atoms with Gasteiger partial charge in [-0.15, -0.1) is 0 Å². The molecule has 16 heteroatoms. The van der Waals surface area contributed by atoms with Gasteiger partial charge in [0.25, 0.3) is 0 Å². The summed E-state index contributed by atoms with van der Waals surface area (Å²) in [5.41, 5.74) is 11.3. The molecule has 0 spiro atoms. The molecule has 4 aromatic rings. The fraction of sp³-hybridized carbons (Fsp3) is 0.489. The molecule has 10 atom stereocenters. The Balaban J connectivity index is 1.15. The predicted molar refractivity (Wildman–Crippen MR) is 223 cm³/mol. The minimum Gasteiger partial charge on any atom is -0.504 e. The number of phenols is 1. The fourth-order valence-corrected chi connectivity index (χ4v) is 13.9. The van der Waals surface area contributed by atoms with Gasteiger partial charge in [0.15, 0.2) is 28.6 Å². The number of piperazine rings is 1. The Hall–Kier alpha value is -5.18. The number of nitrogens with one attached hydrogen (secondary N) is 2. The van der Waals surface area contributed by atoms with Crippen LogP contribution in [0.5, 0.6) is 34.5 Å². The highest BCUT2D eigenvalue weighted by Gasteiger charge is 2.75. The number of methoxy groups -OCH3 is 2. The lowest BCUT2D eigenvalue weighted by atomic mass is 9.70. The molecule has 61 heavy (non-hydrogen) atoms. The topological polar surface area (TPSA) is 194 Å². The van der Waals surface area contributed by atoms with Crippen molar-refractivity contribution >= 4 is 34.6 Å². The lowest BCUT2D eigenvalue weighted by molar-refractivity contribution is -0.210. The highest BCUT2D eigenvalue weighted by molar-refractivity contribution is 7.99. The largest absolute Gasteiger partial charge is 0.504 e. The second-order valence-corrected chi connectivity index (χ2v) is 18.7. The Morgan fingerprint density at radius 3 is 2.61 bits per heavy atom. The number of H-pyrrole nitrogens is 1. The van der Waals surface area contributed by atoms with Gasteiger partial charge < -0.3 is 44.2 Å². The van der Waals surface area contributed by atoms with Crippen LogP contribution in [0.2, 0.25) is 0 Å². The number of piperidine rings is 1. The standard InChI is InChI=1S/C45H48N6O9S/c1-18-10-25-30(37(53)38(18)56-6)35-36-42(61-7)45(60-43(54)34-33-24(11-21(15-46)48-34)23-12-22(55-5)8-9-26(23)49-33)14-28(50(36)29(16-47)27-13-44(25,4)51(27)35)31-32(45)39(59-20(3)52)19(2)40-41(31)58-17-57-40/h8-10,12,21,27-29,34-36,42,48-49,53H,11,13-15,17,46H2,1-7H3/t21-,27+,28+,29+,34-,35?,36-,42+,44?,45?/m1/s1. The molecular weight excluding hydrogens is 801 g/mol. The third-order valence-corrected chi connectivity index (χ3v) is 16.1. The molecule has 5 N–H and O–H groups in total. The maximum absolute atomic E-state index is 15.5. The molecule has 1 aromatic heterocycles. The Labute approximate surface area is 356 Å². The molecule has 6 aliphatic heterocycles. The van der Waals surface area contributed by atoms with E-state index in [9.17, 15) is 15.2 Å². The molecule has 3 fully saturated rings. The van der Waals surface area contributed by atoms with Gasteiger partial charge in [0, 0.05) is 88.4 Å². The van der Waals surface area contributed by atoms with Gasteiger partial charge in [0.1, 0.15) is 23.6 Å². The maximum atomic E-state index is 15.5. The Morgan fingerprint density at radius 1 is 1.11 bits per heavy atom. The Bertz CT molecular complexity index is 2660. The normalized spacial score (nSPS) is 32.2. The van der Waals surface area contributed by atoms with Crippen LogP contribution >= 0.6 is 11.8 Å². The van der Waals surface area contributed by atoms with Crippen LogP contribution < -0.4 is 34.7 Å². The third-order valence-electron chi connectivity index (χ3n) is 14.9. The van der Waals surface area contributed by atoms with Crippen molar-refractivity contribution in [1.82, 2.24) is 20.1 Å². The number of aromatic amines is 1. The average Bonchev–Trinajstić information content (AvgIpc) is 3.98. The number of nitrogens with two attached hydrogens (primary N) is 1. The lowest BCUT2D eigenvalue weighted by Crippen LogP contribution is -2.77. The van der Waals surface area contributed by atoms with Crippen LogP contribution in [0, 0.1) is 25.2 Å². The van der Waals surface area contributed by atoms with Gasteiger partial charge in [-0.25, -0.2) is 4.79 Å². The fourth-order valence-electron chi connectivity index (χ4n) is 12.7. The van der Waals surface area contributed by atoms with E-state index in [1.165, 1.54) is 18.7 Å². The number of thioether (sulfide) groups is 1. The van der Waals surface area contributed by atoms with E-state index >= 15 is 4.79 Å². The molecule has 0 radical (unpaired) electrons. The zero-order valence-corrected chi connectivity index (χ0v) is 35.8. The zero-order chi connectivity index (χ0) is 42.6. The number of hydrogen-bond acceptors (Lipinski definition) is 15. The van der Waals surface area contributed by atoms with Gasteiger partial charge in [-0.1, -0.05) is 0 Å². The van der Waals surface area contributed by atoms with Crippen molar-refractivity contribution in [3.05, 3.63) is 68.9 Å². The van der Waals surface area contributed by atoms with Gasteiger partial charge in [0.05, 0.1) is 31.6 Å². The quantitative estimate of drug-likeness (QED) is 0.145. The number of carbonyl (C=O) groups excluding carboxylic acids is 2. The monoisotopic (exact) mass is 848 g/mol. The smallest absolute Gasteiger partial charge is 0.330 e. The number of aryl methyl sites for hydroxylation is 1. The molecule has 2 bridgehead atoms. The first-order chi connectivity index (χ1) is 29.3. The molecule has 11 rings (SSSR count). The number of nitrogens with zero attached hydrogens (tertiary/aromatic N) is 3. The van der Waals surface area contributed by atoms with E-state index in [1.807, 2.05) is 38.3 Å². The van der Waals surface area contributed by atoms with Crippen molar-refractivity contribution in [3.63, 3.8) is 0 Å². The Kier molecular flexibility index (Phi) is 8.36. The number of esters is 2. The van der Waals surface area contributed by atoms with Crippen LogP contribution in [0.4, 0.5) is 0 Å². The second kappa shape index (κ2) is 13.2. The highest BCUT2D eigenvalue weighted by Crippen LogP contribution is 2.73. The zero-order valence-electron chi connectivity index (χ0n) is 35.0. The highest BCUT2D eigenvalue weighted by atomic mass is 32.2. The lowest BCUT2D eigenvalue weighted by Gasteiger charge is -2.67. The van der Waals surface area contributed by atoms with E-state index in [0.717, 1.165) is 33.2 Å². The van der Waals surface area contributed by atoms with Crippen LogP contribution in [0.15, 0.2) is 24.3 Å². The molecule has 7 heterocycles. The molecule has 3 aromatic carbocycles. The summed E-state index contributed by atoms with van der Waals surface area (Å²) in [7, 11) is 3.18. The van der Waals surface area contributed by atoms with Crippen molar-refractivity contribution in [3.8, 4) is 40.6 Å². The first-order valence-electron chi connectivity index (χ1n) is 20.8. The minimum absolute atomic E-state index is 0.0547. The number of carbonyl (C=O) groups is 2. The number of rotatable bonds is 7. The average molecular weight is 849 g/mol. The minimum atomic E-state index is -1.44. The second-order valence-electron chi connectivity index (χ2n) is 17.7. The Morgan fingerprint density at radius 2 is 1.90 bits per heavy atom. The SMILES string of the molecule is COc1ccc2[nH]c3c(c2c1)C[C@H](CN)N[C@H]3C(=O)OC12C[C@@H](c3c4c(c(C)c(OC(C)=O)c31)OCO4)N1[C@H](C3c4c(cc(C)c(OC)c4O)C4(C)C[C@@H]([C@@H]1C#N)N34)[C@@H]2SC. The molecule has 3 unspecified atom stereocenters. The molecule has 318 valence electrons. The van der Waals surface area contributed by atoms with Crippen LogP contribution in [-0.2, 0) is 31.9 Å². The number of aromatic hydroxyl groups is 1. The number of benzene rings is 3. The van der Waals surface area contributed by atoms with Crippen LogP contribution in [-0.4, -0.2) is 95.1 Å². The summed E-state index contributed by atoms with van der Waals surface area (Å²) in [6.45, 7) is 7.51. The summed E-state index contributed by atoms with van der Waals surface area (Å²) in [5.74, 6) is 1.28. The molecule has 7 aliphatic rings. The summed E-state index contributed by atoms with van der Waals surface area (Å²) in [5, 5.41) is 27.4. The van der Waals surface area contributed by atoms with Gasteiger partial charge in [-0.3, -0.25) is 19.9 Å². The molecule has 1 aliphatic carbocycles. The first-order valence-corrected chi connectivity index (χ1v) is 22.1. The van der Waals surface area contributed by atoms with Crippen molar-refractivity contribution in [2.24, 2.45) is 5.73 Å². The number of ether oxygens (including phenoxy) is 6. The summed E-state index contributed by atoms with van der Waals surface area (Å²) in [4.78, 5) is 36.8. The van der Waals surface area contributed by atoms with E-state index in [2.05, 4.69) is 39.2 Å². The molecule has 3 saturated heterocycles. The van der Waals surface area contributed by atoms with Gasteiger partial charge >= 0.3 is 11.9 Å². The maximum Gasteiger partial charge on any atom is 0.330 e. The first kappa shape index (κ1) is 38.7. The van der Waals surface area contributed by atoms with E-state index < -0.39 is 58.5 Å². The van der Waals surface area contributed by atoms with E-state index in [4.69, 9.17) is 34.2 Å². The molecular formula is C45H48N6O9S. The van der Waals surface area contributed by atoms with Gasteiger partial charge in [-0.05, 0) is 80.8 Å². The van der Waals surface area contributed by atoms with Gasteiger partial charge in [-0.2, -0.15) is 17.0 Å². The van der Waals surface area contributed by atoms with Crippen LogP contribution in [0.1, 0.15) is 89.5 Å². The summed E-state index contributed by atoms with van der Waals surface area (Å²) in [6, 6.07) is 7.20. The predicted octanol–water partition coefficient (Wildman–Crippen LogP) is 4.93. The number of nitriles is 1. The number of aromatic nitrogens is 1. The number of hydrogen-bond donors (Lipinski definition) is 4. The summed E-state index contributed by atoms with van der Waals surface area (Å²) >= 11 is 1.53. The summed E-state index contributed by atoms with van der Waals surface area (Å²) < 4.78 is 37.3. The number of fused-ring (bicyclic) bond motifs is 16.